The van der Waals surface area contributed by atoms with E-state index in [1.165, 1.54) is 289 Å². The molecule has 0 heterocycles. The molecule has 476 valence electrons. The van der Waals surface area contributed by atoms with Crippen molar-refractivity contribution >= 4 is 17.9 Å². The van der Waals surface area contributed by atoms with Crippen LogP contribution >= 0.6 is 0 Å². The molecule has 0 aliphatic carbocycles. The molecule has 0 fully saturated rings. The second-order valence-electron chi connectivity index (χ2n) is 24.9. The predicted molar refractivity (Wildman–Crippen MR) is 353 cm³/mol. The first-order valence-electron chi connectivity index (χ1n) is 36.5. The summed E-state index contributed by atoms with van der Waals surface area (Å²) < 4.78 is 17.0. The lowest BCUT2D eigenvalue weighted by Gasteiger charge is -2.18. The number of ether oxygens (including phenoxy) is 3. The van der Waals surface area contributed by atoms with Gasteiger partial charge in [-0.3, -0.25) is 14.4 Å². The molecule has 0 radical (unpaired) electrons. The number of unbranched alkanes of at least 4 members (excludes halogenated alkanes) is 51. The highest BCUT2D eigenvalue weighted by molar-refractivity contribution is 5.71. The van der Waals surface area contributed by atoms with Crippen LogP contribution in [0.1, 0.15) is 406 Å². The Morgan fingerprint density at radius 2 is 0.444 bits per heavy atom. The number of carbonyl (C=O) groups excluding carboxylic acids is 3. The van der Waals surface area contributed by atoms with Crippen molar-refractivity contribution in [2.24, 2.45) is 0 Å². The van der Waals surface area contributed by atoms with E-state index in [4.69, 9.17) is 14.2 Å². The minimum Gasteiger partial charge on any atom is -0.462 e. The molecule has 0 aromatic carbocycles. The van der Waals surface area contributed by atoms with Gasteiger partial charge < -0.3 is 14.2 Å². The summed E-state index contributed by atoms with van der Waals surface area (Å²) in [4.78, 5) is 38.5. The van der Waals surface area contributed by atoms with Crippen LogP contribution in [0.5, 0.6) is 0 Å². The van der Waals surface area contributed by atoms with Crippen molar-refractivity contribution in [2.45, 2.75) is 412 Å². The lowest BCUT2D eigenvalue weighted by Crippen LogP contribution is -2.30. The fourth-order valence-electron chi connectivity index (χ4n) is 11.2. The molecule has 6 heteroatoms. The highest BCUT2D eigenvalue weighted by Gasteiger charge is 2.19. The number of esters is 3. The predicted octanol–water partition coefficient (Wildman–Crippen LogP) is 25.1. The molecule has 1 atom stereocenters. The SMILES string of the molecule is CCCCCCC/C=C\C/C=C\C/C=C\CCCCCCCCCCC(=O)OCC(COC(=O)CCCCCCCCCCCCCCCCCCCCCC)OC(=O)CCCCCCCCCCCCCCCCCCCCCC. The molecule has 0 aliphatic heterocycles. The zero-order chi connectivity index (χ0) is 58.5. The largest absolute Gasteiger partial charge is 0.462 e. The highest BCUT2D eigenvalue weighted by Crippen LogP contribution is 2.19. The zero-order valence-corrected chi connectivity index (χ0v) is 54.8. The van der Waals surface area contributed by atoms with Crippen LogP contribution in [0.4, 0.5) is 0 Å². The molecule has 1 unspecified atom stereocenters. The Kier molecular flexibility index (Phi) is 68.1. The number of hydrogen-bond donors (Lipinski definition) is 0. The van der Waals surface area contributed by atoms with Gasteiger partial charge in [0.1, 0.15) is 13.2 Å². The Labute approximate surface area is 506 Å². The van der Waals surface area contributed by atoms with Crippen LogP contribution in [0.15, 0.2) is 36.5 Å². The van der Waals surface area contributed by atoms with E-state index >= 15 is 0 Å². The van der Waals surface area contributed by atoms with E-state index in [-0.39, 0.29) is 31.1 Å². The van der Waals surface area contributed by atoms with E-state index in [1.54, 1.807) is 0 Å². The lowest BCUT2D eigenvalue weighted by molar-refractivity contribution is -0.167. The number of allylic oxidation sites excluding steroid dienone is 6. The molecule has 0 aliphatic rings. The van der Waals surface area contributed by atoms with Gasteiger partial charge in [0.05, 0.1) is 0 Å². The second-order valence-corrected chi connectivity index (χ2v) is 24.9. The van der Waals surface area contributed by atoms with E-state index in [0.29, 0.717) is 19.3 Å². The van der Waals surface area contributed by atoms with Gasteiger partial charge in [0.25, 0.3) is 0 Å². The van der Waals surface area contributed by atoms with Crippen molar-refractivity contribution in [2.75, 3.05) is 13.2 Å². The molecule has 0 amide bonds. The zero-order valence-electron chi connectivity index (χ0n) is 54.8. The van der Waals surface area contributed by atoms with E-state index in [0.717, 1.165) is 77.0 Å². The van der Waals surface area contributed by atoms with Crippen LogP contribution in [0.3, 0.4) is 0 Å². The van der Waals surface area contributed by atoms with Gasteiger partial charge in [-0.2, -0.15) is 0 Å². The molecule has 0 N–H and O–H groups in total. The molecule has 0 rings (SSSR count). The van der Waals surface area contributed by atoms with Crippen molar-refractivity contribution in [1.82, 2.24) is 0 Å². The van der Waals surface area contributed by atoms with Crippen molar-refractivity contribution in [3.63, 3.8) is 0 Å². The van der Waals surface area contributed by atoms with Gasteiger partial charge in [-0.05, 0) is 57.8 Å². The summed E-state index contributed by atoms with van der Waals surface area (Å²) in [6.45, 7) is 6.71. The van der Waals surface area contributed by atoms with Crippen molar-refractivity contribution < 1.29 is 28.6 Å². The summed E-state index contributed by atoms with van der Waals surface area (Å²) in [5.74, 6) is -0.841. The smallest absolute Gasteiger partial charge is 0.306 e. The molecule has 0 aromatic rings. The maximum absolute atomic E-state index is 13.0. The minimum atomic E-state index is -0.773. The van der Waals surface area contributed by atoms with Crippen LogP contribution in [0.2, 0.25) is 0 Å². The van der Waals surface area contributed by atoms with Crippen molar-refractivity contribution in [3.05, 3.63) is 36.5 Å². The van der Waals surface area contributed by atoms with Gasteiger partial charge in [0.2, 0.25) is 0 Å². The first-order chi connectivity index (χ1) is 40.0. The van der Waals surface area contributed by atoms with Gasteiger partial charge in [-0.15, -0.1) is 0 Å². The minimum absolute atomic E-state index is 0.0681. The molecule has 6 nitrogen and oxygen atoms in total. The maximum Gasteiger partial charge on any atom is 0.306 e. The summed E-state index contributed by atoms with van der Waals surface area (Å²) in [6, 6.07) is 0. The molecule has 81 heavy (non-hydrogen) atoms. The van der Waals surface area contributed by atoms with Gasteiger partial charge in [0.15, 0.2) is 6.10 Å². The monoisotopic (exact) mass is 1140 g/mol. The summed E-state index contributed by atoms with van der Waals surface area (Å²) in [5, 5.41) is 0. The fraction of sp³-hybridized carbons (Fsp3) is 0.880. The maximum atomic E-state index is 13.0. The second kappa shape index (κ2) is 70.1. The number of carbonyl (C=O) groups is 3. The highest BCUT2D eigenvalue weighted by atomic mass is 16.6. The Morgan fingerprint density at radius 3 is 0.691 bits per heavy atom. The topological polar surface area (TPSA) is 78.9 Å². The lowest BCUT2D eigenvalue weighted by atomic mass is 10.0. The van der Waals surface area contributed by atoms with E-state index < -0.39 is 6.10 Å². The standard InChI is InChI=1S/C75H140O6/c1-4-7-10-13-16-19-22-25-28-31-34-37-38-39-42-44-47-50-53-56-59-62-65-68-74(77)80-71-72(81-75(78)69-66-63-60-57-54-51-48-45-41-36-33-30-27-24-21-18-15-12-9-6-3)70-79-73(76)67-64-61-58-55-52-49-46-43-40-35-32-29-26-23-20-17-14-11-8-5-2/h22,25,31,34,38-39,72H,4-21,23-24,26-30,32-33,35-37,40-71H2,1-3H3/b25-22-,34-31-,39-38-. The molecular formula is C75H140O6. The number of hydrogen-bond acceptors (Lipinski definition) is 6. The van der Waals surface area contributed by atoms with E-state index in [1.807, 2.05) is 0 Å². The Bertz CT molecular complexity index is 1350. The third-order valence-electron chi connectivity index (χ3n) is 16.6. The molecule has 0 saturated heterocycles. The summed E-state index contributed by atoms with van der Waals surface area (Å²) >= 11 is 0. The third kappa shape index (κ3) is 68.3. The Hall–Kier alpha value is -2.37. The van der Waals surface area contributed by atoms with Crippen LogP contribution < -0.4 is 0 Å². The van der Waals surface area contributed by atoms with Gasteiger partial charge in [-0.25, -0.2) is 0 Å². The quantitative estimate of drug-likeness (QED) is 0.0261. The summed E-state index contributed by atoms with van der Waals surface area (Å²) in [6.07, 6.45) is 87.4. The first-order valence-corrected chi connectivity index (χ1v) is 36.5. The normalized spacial score (nSPS) is 12.2. The number of rotatable bonds is 68. The Balaban J connectivity index is 4.32. The van der Waals surface area contributed by atoms with Gasteiger partial charge >= 0.3 is 17.9 Å². The molecular weight excluding hydrogens is 997 g/mol. The van der Waals surface area contributed by atoms with Gasteiger partial charge in [-0.1, -0.05) is 365 Å². The van der Waals surface area contributed by atoms with E-state index in [9.17, 15) is 14.4 Å². The Morgan fingerprint density at radius 1 is 0.247 bits per heavy atom. The average molecular weight is 1140 g/mol. The van der Waals surface area contributed by atoms with E-state index in [2.05, 4.69) is 57.2 Å². The molecule has 0 saturated carbocycles. The van der Waals surface area contributed by atoms with Crippen LogP contribution in [-0.4, -0.2) is 37.2 Å². The summed E-state index contributed by atoms with van der Waals surface area (Å²) in [5.41, 5.74) is 0. The van der Waals surface area contributed by atoms with Crippen LogP contribution in [0, 0.1) is 0 Å². The first kappa shape index (κ1) is 78.6. The summed E-state index contributed by atoms with van der Waals surface area (Å²) in [7, 11) is 0. The molecule has 0 bridgehead atoms. The van der Waals surface area contributed by atoms with Crippen LogP contribution in [0.25, 0.3) is 0 Å². The van der Waals surface area contributed by atoms with Crippen LogP contribution in [-0.2, 0) is 28.6 Å². The fourth-order valence-corrected chi connectivity index (χ4v) is 11.2. The van der Waals surface area contributed by atoms with Crippen molar-refractivity contribution in [3.8, 4) is 0 Å². The van der Waals surface area contributed by atoms with Gasteiger partial charge in [0, 0.05) is 19.3 Å². The van der Waals surface area contributed by atoms with Crippen molar-refractivity contribution in [1.29, 1.82) is 0 Å². The molecule has 0 spiro atoms. The molecule has 0 aromatic heterocycles. The third-order valence-corrected chi connectivity index (χ3v) is 16.6. The average Bonchev–Trinajstić information content (AvgIpc) is 3.47.